The number of nitrogens with zero attached hydrogens (tertiary/aromatic N) is 3. The van der Waals surface area contributed by atoms with Crippen molar-refractivity contribution < 1.29 is 14.3 Å². The molecule has 0 saturated carbocycles. The molecule has 2 N–H and O–H groups in total. The van der Waals surface area contributed by atoms with E-state index in [1.54, 1.807) is 41.9 Å². The van der Waals surface area contributed by atoms with Crippen molar-refractivity contribution in [3.05, 3.63) is 46.2 Å². The molecule has 2 unspecified atom stereocenters. The Morgan fingerprint density at radius 1 is 1.41 bits per heavy atom. The summed E-state index contributed by atoms with van der Waals surface area (Å²) < 4.78 is 6.51. The second-order valence-corrected chi connectivity index (χ2v) is 6.37. The molecule has 2 heterocycles. The van der Waals surface area contributed by atoms with E-state index in [4.69, 9.17) is 10.5 Å². The fourth-order valence-corrected chi connectivity index (χ4v) is 3.23. The molecule has 0 aliphatic carbocycles. The maximum Gasteiger partial charge on any atom is 0.331 e. The monoisotopic (exact) mass is 368 g/mol. The van der Waals surface area contributed by atoms with E-state index < -0.39 is 23.1 Å². The number of ether oxygens (including phenoxy) is 1. The van der Waals surface area contributed by atoms with Crippen LogP contribution in [0.25, 0.3) is 10.9 Å². The van der Waals surface area contributed by atoms with E-state index in [1.807, 2.05) is 5.01 Å². The highest BCUT2D eigenvalue weighted by molar-refractivity contribution is 6.11. The van der Waals surface area contributed by atoms with Crippen LogP contribution in [-0.4, -0.2) is 42.2 Å². The number of pyridine rings is 1. The number of rotatable bonds is 5. The summed E-state index contributed by atoms with van der Waals surface area (Å²) in [5, 5.41) is 11.5. The van der Waals surface area contributed by atoms with Gasteiger partial charge in [-0.05, 0) is 25.5 Å². The number of hydrogen-bond acceptors (Lipinski definition) is 7. The van der Waals surface area contributed by atoms with E-state index in [2.05, 4.69) is 0 Å². The van der Waals surface area contributed by atoms with Crippen molar-refractivity contribution in [2.45, 2.75) is 19.4 Å². The molecule has 140 valence electrons. The summed E-state index contributed by atoms with van der Waals surface area (Å²) in [6.45, 7) is 2.86. The zero-order chi connectivity index (χ0) is 19.6. The maximum atomic E-state index is 12.9. The molecule has 1 aliphatic rings. The summed E-state index contributed by atoms with van der Waals surface area (Å²) >= 11 is 0. The van der Waals surface area contributed by atoms with Crippen LogP contribution in [0.4, 0.5) is 0 Å². The van der Waals surface area contributed by atoms with E-state index in [0.29, 0.717) is 24.0 Å². The van der Waals surface area contributed by atoms with Gasteiger partial charge in [0.05, 0.1) is 23.8 Å². The Morgan fingerprint density at radius 3 is 2.78 bits per heavy atom. The van der Waals surface area contributed by atoms with Crippen molar-refractivity contribution in [3.63, 3.8) is 0 Å². The Kier molecular flexibility index (Phi) is 5.23. The van der Waals surface area contributed by atoms with Gasteiger partial charge in [0.15, 0.2) is 11.2 Å². The number of carbonyl (C=O) groups excluding carboxylic acids is 2. The molecule has 0 bridgehead atoms. The molecule has 0 amide bonds. The highest BCUT2D eigenvalue weighted by Gasteiger charge is 2.32. The third-order valence-corrected chi connectivity index (χ3v) is 4.58. The number of carbonyl (C=O) groups is 2. The molecule has 0 spiro atoms. The predicted molar refractivity (Wildman–Crippen MR) is 98.8 cm³/mol. The quantitative estimate of drug-likeness (QED) is 0.465. The smallest absolute Gasteiger partial charge is 0.331 e. The van der Waals surface area contributed by atoms with Gasteiger partial charge in [-0.2, -0.15) is 5.26 Å². The average molecular weight is 368 g/mol. The van der Waals surface area contributed by atoms with Gasteiger partial charge in [0.1, 0.15) is 0 Å². The summed E-state index contributed by atoms with van der Waals surface area (Å²) in [6, 6.07) is 8.54. The Morgan fingerprint density at radius 2 is 2.15 bits per heavy atom. The van der Waals surface area contributed by atoms with E-state index in [0.717, 1.165) is 6.42 Å². The molecule has 1 aromatic carbocycles. The molecule has 3 rings (SSSR count). The minimum Gasteiger partial charge on any atom is -0.465 e. The number of esters is 1. The normalized spacial score (nSPS) is 17.5. The van der Waals surface area contributed by atoms with Gasteiger partial charge in [-0.1, -0.05) is 12.1 Å². The molecule has 8 nitrogen and oxygen atoms in total. The van der Waals surface area contributed by atoms with Crippen LogP contribution in [0.3, 0.4) is 0 Å². The first-order valence-corrected chi connectivity index (χ1v) is 8.73. The molecule has 0 radical (unpaired) electrons. The van der Waals surface area contributed by atoms with Gasteiger partial charge in [-0.3, -0.25) is 19.1 Å². The molecule has 27 heavy (non-hydrogen) atoms. The fraction of sp³-hybridized carbons (Fsp3) is 0.368. The summed E-state index contributed by atoms with van der Waals surface area (Å²) in [5.74, 6) is -3.48. The zero-order valence-electron chi connectivity index (χ0n) is 14.9. The van der Waals surface area contributed by atoms with Crippen LogP contribution in [0.2, 0.25) is 0 Å². The first kappa shape index (κ1) is 18.6. The van der Waals surface area contributed by atoms with Gasteiger partial charge in [-0.15, -0.1) is 0 Å². The molecule has 8 heteroatoms. The third kappa shape index (κ3) is 3.41. The van der Waals surface area contributed by atoms with Crippen LogP contribution < -0.4 is 16.2 Å². The molecular weight excluding hydrogens is 348 g/mol. The summed E-state index contributed by atoms with van der Waals surface area (Å²) in [4.78, 5) is 37.6. The zero-order valence-corrected chi connectivity index (χ0v) is 14.9. The van der Waals surface area contributed by atoms with Gasteiger partial charge >= 0.3 is 5.97 Å². The number of para-hydroxylation sites is 1. The van der Waals surface area contributed by atoms with Gasteiger partial charge in [0.25, 0.3) is 0 Å². The van der Waals surface area contributed by atoms with Gasteiger partial charge < -0.3 is 15.5 Å². The number of Topliss-reactive ketones (excluding diaryl/α,β-unsaturated/α-hetero) is 1. The standard InChI is InChI=1S/C19H20N4O4/c1-2-27-19(26)14(9-20)18(25)15-11-23(22-8-7-12(21)10-22)16-6-4-3-5-13(16)17(15)24/h3-6,11-12,14H,2,7-8,10,21H2,1H3. The Bertz CT molecular complexity index is 991. The molecule has 1 aliphatic heterocycles. The summed E-state index contributed by atoms with van der Waals surface area (Å²) in [7, 11) is 0. The predicted octanol–water partition coefficient (Wildman–Crippen LogP) is 0.556. The molecule has 1 aromatic heterocycles. The van der Waals surface area contributed by atoms with Gasteiger partial charge in [0.2, 0.25) is 5.92 Å². The Hall–Kier alpha value is -3.18. The van der Waals surface area contributed by atoms with Crippen LogP contribution >= 0.6 is 0 Å². The van der Waals surface area contributed by atoms with Crippen LogP contribution in [0.5, 0.6) is 0 Å². The van der Waals surface area contributed by atoms with Gasteiger partial charge in [-0.25, -0.2) is 0 Å². The summed E-state index contributed by atoms with van der Waals surface area (Å²) in [6.07, 6.45) is 2.18. The average Bonchev–Trinajstić information content (AvgIpc) is 3.09. The lowest BCUT2D eigenvalue weighted by molar-refractivity contribution is -0.144. The topological polar surface area (TPSA) is 118 Å². The molecule has 2 atom stereocenters. The van der Waals surface area contributed by atoms with Crippen molar-refractivity contribution in [1.82, 2.24) is 4.68 Å². The molecule has 1 saturated heterocycles. The molecular formula is C19H20N4O4. The van der Waals surface area contributed by atoms with Crippen LogP contribution in [0, 0.1) is 17.2 Å². The highest BCUT2D eigenvalue weighted by Crippen LogP contribution is 2.17. The van der Waals surface area contributed by atoms with Crippen molar-refractivity contribution in [2.75, 3.05) is 24.7 Å². The number of aromatic nitrogens is 1. The van der Waals surface area contributed by atoms with Crippen LogP contribution in [0.15, 0.2) is 35.3 Å². The number of ketones is 1. The number of nitriles is 1. The maximum absolute atomic E-state index is 12.9. The largest absolute Gasteiger partial charge is 0.465 e. The van der Waals surface area contributed by atoms with E-state index in [-0.39, 0.29) is 18.2 Å². The highest BCUT2D eigenvalue weighted by atomic mass is 16.5. The fourth-order valence-electron chi connectivity index (χ4n) is 3.23. The lowest BCUT2D eigenvalue weighted by atomic mass is 9.98. The van der Waals surface area contributed by atoms with Gasteiger partial charge in [0, 0.05) is 30.7 Å². The minimum atomic E-state index is -1.67. The Balaban J connectivity index is 2.15. The third-order valence-electron chi connectivity index (χ3n) is 4.58. The second-order valence-electron chi connectivity index (χ2n) is 6.37. The lowest BCUT2D eigenvalue weighted by Gasteiger charge is -2.24. The summed E-state index contributed by atoms with van der Waals surface area (Å²) in [5.41, 5.74) is 5.90. The van der Waals surface area contributed by atoms with Crippen molar-refractivity contribution in [1.29, 1.82) is 5.26 Å². The van der Waals surface area contributed by atoms with Crippen LogP contribution in [0.1, 0.15) is 23.7 Å². The number of nitrogens with two attached hydrogens (primary N) is 1. The second kappa shape index (κ2) is 7.60. The Labute approximate surface area is 155 Å². The van der Waals surface area contributed by atoms with E-state index >= 15 is 0 Å². The first-order valence-electron chi connectivity index (χ1n) is 8.73. The van der Waals surface area contributed by atoms with Crippen molar-refractivity contribution in [3.8, 4) is 6.07 Å². The number of hydrogen-bond donors (Lipinski definition) is 1. The minimum absolute atomic E-state index is 0.00580. The molecule has 1 fully saturated rings. The SMILES string of the molecule is CCOC(=O)C(C#N)C(=O)c1cn(N2CCC(N)C2)c2ccccc2c1=O. The molecule has 2 aromatic rings. The van der Waals surface area contributed by atoms with E-state index in [9.17, 15) is 19.6 Å². The van der Waals surface area contributed by atoms with Crippen molar-refractivity contribution >= 4 is 22.7 Å². The van der Waals surface area contributed by atoms with Crippen LogP contribution in [-0.2, 0) is 9.53 Å². The number of benzene rings is 1. The lowest BCUT2D eigenvalue weighted by Crippen LogP contribution is -2.37. The van der Waals surface area contributed by atoms with Crippen molar-refractivity contribution in [2.24, 2.45) is 11.7 Å². The van der Waals surface area contributed by atoms with E-state index in [1.165, 1.54) is 6.20 Å². The first-order chi connectivity index (χ1) is 13.0. The number of fused-ring (bicyclic) bond motifs is 1.